The van der Waals surface area contributed by atoms with E-state index in [1.807, 2.05) is 0 Å². The number of esters is 1. The molecule has 3 N–H and O–H groups in total. The van der Waals surface area contributed by atoms with Crippen LogP contribution in [-0.4, -0.2) is 68.7 Å². The highest BCUT2D eigenvalue weighted by atomic mass is 31.2. The van der Waals surface area contributed by atoms with E-state index in [-0.39, 0.29) is 35.8 Å². The summed E-state index contributed by atoms with van der Waals surface area (Å²) in [6.45, 7) is 6.26. The summed E-state index contributed by atoms with van der Waals surface area (Å²) in [5.41, 5.74) is 4.03. The number of para-hydroxylation sites is 1. The first kappa shape index (κ1) is 36.5. The molecule has 0 aliphatic carbocycles. The monoisotopic (exact) mass is 690 g/mol. The highest BCUT2D eigenvalue weighted by molar-refractivity contribution is 7.52. The van der Waals surface area contributed by atoms with Crippen LogP contribution in [0.2, 0.25) is 0 Å². The number of carbonyl (C=O) groups excluding carboxylic acids is 2. The van der Waals surface area contributed by atoms with Gasteiger partial charge in [-0.1, -0.05) is 50.3 Å². The summed E-state index contributed by atoms with van der Waals surface area (Å²) in [6.07, 6.45) is 5.83. The Hall–Kier alpha value is -4.29. The number of anilines is 1. The number of fused-ring (bicyclic) bond motifs is 1. The Morgan fingerprint density at radius 2 is 1.98 bits per heavy atom. The molecule has 3 heterocycles. The number of nitrogens with two attached hydrogens (primary N) is 1. The van der Waals surface area contributed by atoms with Crippen LogP contribution in [0.15, 0.2) is 36.7 Å². The van der Waals surface area contributed by atoms with Crippen LogP contribution in [-0.2, 0) is 32.8 Å². The average molecular weight is 691 g/mol. The van der Waals surface area contributed by atoms with E-state index >= 15 is 0 Å². The van der Waals surface area contributed by atoms with Crippen LogP contribution >= 0.6 is 7.75 Å². The highest BCUT2D eigenvalue weighted by Crippen LogP contribution is 2.48. The second-order valence-corrected chi connectivity index (χ2v) is 13.0. The van der Waals surface area contributed by atoms with Crippen molar-refractivity contribution in [2.24, 2.45) is 0 Å². The van der Waals surface area contributed by atoms with Gasteiger partial charge in [0.1, 0.15) is 24.6 Å². The standard InChI is InChI=1S/C31H40FN6O9P/c1-6-8-9-13-16-42-30(40)45-23-17-24(38-19-34-25-26(33)35-29(32)36-27(25)38)46-31(23,7-2)18-43-48(41,47-22-14-11-10-12-15-22)37-21(5)28(39)44-20(3)4/h2,10-12,14-15,19-21,23-24H,6,8-9,13,16-18H2,1,3-5H3,(H,37,41)(H2,33,35,36)/t21-,23-,24+,31+,48-/m0/s1. The average Bonchev–Trinajstić information content (AvgIpc) is 3.62. The van der Waals surface area contributed by atoms with Gasteiger partial charge in [0.05, 0.1) is 19.0 Å². The summed E-state index contributed by atoms with van der Waals surface area (Å²) in [6, 6.07) is 6.95. The fourth-order valence-electron chi connectivity index (χ4n) is 4.82. The van der Waals surface area contributed by atoms with Crippen molar-refractivity contribution in [3.05, 3.63) is 42.7 Å². The first-order chi connectivity index (χ1) is 22.9. The second kappa shape index (κ2) is 16.2. The molecule has 260 valence electrons. The topological polar surface area (TPSA) is 188 Å². The van der Waals surface area contributed by atoms with Crippen molar-refractivity contribution < 1.29 is 46.5 Å². The van der Waals surface area contributed by atoms with Gasteiger partial charge < -0.3 is 29.2 Å². The molecule has 0 radical (unpaired) electrons. The lowest BCUT2D eigenvalue weighted by atomic mass is 9.99. The van der Waals surface area contributed by atoms with Gasteiger partial charge in [-0.2, -0.15) is 19.4 Å². The van der Waals surface area contributed by atoms with Gasteiger partial charge >= 0.3 is 25.9 Å². The van der Waals surface area contributed by atoms with E-state index in [9.17, 15) is 18.5 Å². The number of halogens is 1. The van der Waals surface area contributed by atoms with Crippen LogP contribution in [0.3, 0.4) is 0 Å². The summed E-state index contributed by atoms with van der Waals surface area (Å²) in [7, 11) is -4.43. The Balaban J connectivity index is 1.63. The number of aromatic nitrogens is 4. The van der Waals surface area contributed by atoms with Crippen LogP contribution in [0.5, 0.6) is 5.75 Å². The Morgan fingerprint density at radius 1 is 1.23 bits per heavy atom. The van der Waals surface area contributed by atoms with Crippen LogP contribution in [0.4, 0.5) is 15.0 Å². The number of imidazole rings is 1. The number of hydrogen-bond donors (Lipinski definition) is 2. The molecule has 4 rings (SSSR count). The number of rotatable bonds is 16. The molecule has 3 aromatic rings. The number of terminal acetylenes is 1. The lowest BCUT2D eigenvalue weighted by Gasteiger charge is -2.31. The Bertz CT molecular complexity index is 1650. The minimum Gasteiger partial charge on any atom is -0.462 e. The van der Waals surface area contributed by atoms with Crippen LogP contribution in [0.25, 0.3) is 11.2 Å². The zero-order valence-corrected chi connectivity index (χ0v) is 28.1. The molecule has 1 aliphatic heterocycles. The van der Waals surface area contributed by atoms with Gasteiger partial charge in [-0.05, 0) is 39.3 Å². The number of nitrogens with one attached hydrogen (secondary N) is 1. The third-order valence-electron chi connectivity index (χ3n) is 7.19. The maximum Gasteiger partial charge on any atom is 0.508 e. The molecule has 1 fully saturated rings. The van der Waals surface area contributed by atoms with Gasteiger partial charge in [-0.15, -0.1) is 6.42 Å². The van der Waals surface area contributed by atoms with E-state index < -0.39 is 62.6 Å². The number of carbonyl (C=O) groups is 2. The summed E-state index contributed by atoms with van der Waals surface area (Å²) in [5, 5.41) is 2.58. The molecule has 0 bridgehead atoms. The molecule has 0 saturated carbocycles. The lowest BCUT2D eigenvalue weighted by Crippen LogP contribution is -2.46. The van der Waals surface area contributed by atoms with Crippen molar-refractivity contribution >= 4 is 36.9 Å². The van der Waals surface area contributed by atoms with Crippen molar-refractivity contribution in [3.63, 3.8) is 0 Å². The highest BCUT2D eigenvalue weighted by Gasteiger charge is 2.53. The quantitative estimate of drug-likeness (QED) is 0.0666. The smallest absolute Gasteiger partial charge is 0.462 e. The largest absolute Gasteiger partial charge is 0.508 e. The molecule has 1 aromatic carbocycles. The molecule has 1 aliphatic rings. The van der Waals surface area contributed by atoms with E-state index in [1.165, 1.54) is 30.0 Å². The molecule has 17 heteroatoms. The predicted molar refractivity (Wildman–Crippen MR) is 171 cm³/mol. The van der Waals surface area contributed by atoms with Crippen molar-refractivity contribution in [1.82, 2.24) is 24.6 Å². The SMILES string of the molecule is C#C[C@]1(CO[P@@](=O)(N[C@@H](C)C(=O)OC(C)C)Oc2ccccc2)O[C@@H](n2cnc3c(N)nc(F)nc32)C[C@@H]1OC(=O)OCCCCCC. The third-order valence-corrected chi connectivity index (χ3v) is 8.81. The number of benzene rings is 1. The summed E-state index contributed by atoms with van der Waals surface area (Å²) in [4.78, 5) is 36.9. The predicted octanol–water partition coefficient (Wildman–Crippen LogP) is 5.07. The molecule has 0 spiro atoms. The Kier molecular flexibility index (Phi) is 12.3. The number of nitrogen functional groups attached to an aromatic ring is 1. The molecule has 0 unspecified atom stereocenters. The van der Waals surface area contributed by atoms with Crippen LogP contribution < -0.4 is 15.3 Å². The maximum absolute atomic E-state index is 14.2. The number of ether oxygens (including phenoxy) is 4. The molecule has 5 atom stereocenters. The van der Waals surface area contributed by atoms with Gasteiger partial charge in [0.25, 0.3) is 0 Å². The first-order valence-corrected chi connectivity index (χ1v) is 17.0. The van der Waals surface area contributed by atoms with Crippen molar-refractivity contribution in [3.8, 4) is 18.1 Å². The van der Waals surface area contributed by atoms with E-state index in [4.69, 9.17) is 40.2 Å². The summed E-state index contributed by atoms with van der Waals surface area (Å²) < 4.78 is 63.7. The Morgan fingerprint density at radius 3 is 2.67 bits per heavy atom. The van der Waals surface area contributed by atoms with Crippen molar-refractivity contribution in [1.29, 1.82) is 0 Å². The minimum absolute atomic E-state index is 0.00627. The lowest BCUT2D eigenvalue weighted by molar-refractivity contribution is -0.149. The zero-order valence-electron chi connectivity index (χ0n) is 27.2. The van der Waals surface area contributed by atoms with E-state index in [2.05, 4.69) is 32.9 Å². The van der Waals surface area contributed by atoms with Gasteiger partial charge in [0, 0.05) is 6.42 Å². The van der Waals surface area contributed by atoms with E-state index in [0.717, 1.165) is 19.3 Å². The maximum atomic E-state index is 14.2. The summed E-state index contributed by atoms with van der Waals surface area (Å²) in [5.74, 6) is 1.72. The van der Waals surface area contributed by atoms with E-state index in [1.54, 1.807) is 32.0 Å². The number of unbranched alkanes of at least 4 members (excludes halogenated alkanes) is 3. The molecular weight excluding hydrogens is 650 g/mol. The number of hydrogen-bond acceptors (Lipinski definition) is 13. The van der Waals surface area contributed by atoms with Gasteiger partial charge in [0.15, 0.2) is 28.7 Å². The van der Waals surface area contributed by atoms with Crippen LogP contribution in [0.1, 0.15) is 66.0 Å². The fourth-order valence-corrected chi connectivity index (χ4v) is 6.34. The first-order valence-electron chi connectivity index (χ1n) is 15.5. The van der Waals surface area contributed by atoms with Crippen LogP contribution in [0, 0.1) is 18.4 Å². The van der Waals surface area contributed by atoms with Crippen molar-refractivity contribution in [2.45, 2.75) is 89.9 Å². The van der Waals surface area contributed by atoms with E-state index in [0.29, 0.717) is 6.42 Å². The normalized spacial score (nSPS) is 20.9. The third kappa shape index (κ3) is 9.19. The van der Waals surface area contributed by atoms with Gasteiger partial charge in [0.2, 0.25) is 0 Å². The summed E-state index contributed by atoms with van der Waals surface area (Å²) >= 11 is 0. The number of nitrogens with zero attached hydrogens (tertiary/aromatic N) is 4. The van der Waals surface area contributed by atoms with Gasteiger partial charge in [-0.25, -0.2) is 14.3 Å². The van der Waals surface area contributed by atoms with Crippen molar-refractivity contribution in [2.75, 3.05) is 18.9 Å². The fraction of sp³-hybridized carbons (Fsp3) is 0.516. The molecule has 15 nitrogen and oxygen atoms in total. The second-order valence-electron chi connectivity index (χ2n) is 11.3. The molecule has 2 aromatic heterocycles. The minimum atomic E-state index is -4.43. The van der Waals surface area contributed by atoms with Gasteiger partial charge in [-0.3, -0.25) is 13.9 Å². The molecule has 1 saturated heterocycles. The molecule has 0 amide bonds. The molecule has 48 heavy (non-hydrogen) atoms. The molecular formula is C31H40FN6O9P. The Labute approximate surface area is 277 Å². The zero-order chi connectivity index (χ0) is 34.9.